The van der Waals surface area contributed by atoms with Gasteiger partial charge in [-0.1, -0.05) is 18.2 Å². The molecule has 0 aliphatic heterocycles. The minimum atomic E-state index is 0.173. The smallest absolute Gasteiger partial charge is 0.102 e. The van der Waals surface area contributed by atoms with Gasteiger partial charge in [0.1, 0.15) is 18.2 Å². The second kappa shape index (κ2) is 5.13. The van der Waals surface area contributed by atoms with Crippen LogP contribution in [-0.4, -0.2) is 0 Å². The third-order valence-corrected chi connectivity index (χ3v) is 4.48. The lowest BCUT2D eigenvalue weighted by atomic mass is 9.86. The molecule has 0 spiro atoms. The standard InChI is InChI=1S/C20H13N3/c1-11-5-4-6-14-7-15-17(9-22)18(10-23)16(8-21)12(2)20(15)13(3)19(11)14/h4-7H,1-3H3. The molecule has 108 valence electrons. The Kier molecular flexibility index (Phi) is 3.25. The van der Waals surface area contributed by atoms with E-state index in [0.29, 0.717) is 5.56 Å². The van der Waals surface area contributed by atoms with Gasteiger partial charge in [0.15, 0.2) is 0 Å². The first-order valence-electron chi connectivity index (χ1n) is 7.24. The fourth-order valence-electron chi connectivity index (χ4n) is 3.50. The highest BCUT2D eigenvalue weighted by Gasteiger charge is 2.20. The van der Waals surface area contributed by atoms with Crippen molar-refractivity contribution in [2.45, 2.75) is 20.8 Å². The summed E-state index contributed by atoms with van der Waals surface area (Å²) in [6.45, 7) is 5.91. The average Bonchev–Trinajstić information content (AvgIpc) is 2.54. The van der Waals surface area contributed by atoms with Crippen molar-refractivity contribution in [3.8, 4) is 18.2 Å². The lowest BCUT2D eigenvalue weighted by molar-refractivity contribution is 1.36. The van der Waals surface area contributed by atoms with Crippen LogP contribution in [0.1, 0.15) is 33.4 Å². The molecule has 23 heavy (non-hydrogen) atoms. The Labute approximate surface area is 134 Å². The molecule has 0 aliphatic rings. The number of benzene rings is 3. The minimum absolute atomic E-state index is 0.173. The van der Waals surface area contributed by atoms with Gasteiger partial charge in [0.05, 0.1) is 16.7 Å². The summed E-state index contributed by atoms with van der Waals surface area (Å²) >= 11 is 0. The quantitative estimate of drug-likeness (QED) is 0.572. The van der Waals surface area contributed by atoms with Crippen molar-refractivity contribution >= 4 is 21.5 Å². The van der Waals surface area contributed by atoms with Crippen molar-refractivity contribution in [3.05, 3.63) is 57.6 Å². The SMILES string of the molecule is Cc1cccc2cc3c(C#N)c(C#N)c(C#N)c(C)c3c(C)c12. The maximum absolute atomic E-state index is 9.57. The number of aryl methyl sites for hydroxylation is 3. The van der Waals surface area contributed by atoms with Gasteiger partial charge in [0, 0.05) is 5.39 Å². The Balaban J connectivity index is 2.74. The summed E-state index contributed by atoms with van der Waals surface area (Å²) < 4.78 is 0. The van der Waals surface area contributed by atoms with Crippen LogP contribution in [0.4, 0.5) is 0 Å². The van der Waals surface area contributed by atoms with Gasteiger partial charge in [-0.2, -0.15) is 15.8 Å². The van der Waals surface area contributed by atoms with Gasteiger partial charge in [-0.05, 0) is 59.7 Å². The van der Waals surface area contributed by atoms with Gasteiger partial charge < -0.3 is 0 Å². The van der Waals surface area contributed by atoms with Crippen LogP contribution >= 0.6 is 0 Å². The molecule has 0 fully saturated rings. The fourth-order valence-corrected chi connectivity index (χ4v) is 3.50. The zero-order valence-electron chi connectivity index (χ0n) is 13.2. The predicted molar refractivity (Wildman–Crippen MR) is 89.8 cm³/mol. The molecule has 0 unspecified atom stereocenters. The van der Waals surface area contributed by atoms with Crippen molar-refractivity contribution in [2.75, 3.05) is 0 Å². The topological polar surface area (TPSA) is 71.4 Å². The van der Waals surface area contributed by atoms with Crippen molar-refractivity contribution in [3.63, 3.8) is 0 Å². The molecular formula is C20H13N3. The summed E-state index contributed by atoms with van der Waals surface area (Å²) in [6, 6.07) is 14.3. The Morgan fingerprint density at radius 3 is 2.00 bits per heavy atom. The van der Waals surface area contributed by atoms with E-state index in [1.807, 2.05) is 38.1 Å². The first kappa shape index (κ1) is 14.6. The lowest BCUT2D eigenvalue weighted by Gasteiger charge is -2.15. The first-order chi connectivity index (χ1) is 11.0. The second-order valence-electron chi connectivity index (χ2n) is 5.68. The molecule has 3 rings (SSSR count). The number of hydrogen-bond acceptors (Lipinski definition) is 3. The molecule has 0 aromatic heterocycles. The van der Waals surface area contributed by atoms with Gasteiger partial charge in [-0.25, -0.2) is 0 Å². The van der Waals surface area contributed by atoms with Crippen LogP contribution in [0.25, 0.3) is 21.5 Å². The highest BCUT2D eigenvalue weighted by atomic mass is 14.3. The van der Waals surface area contributed by atoms with E-state index in [4.69, 9.17) is 0 Å². The number of rotatable bonds is 0. The van der Waals surface area contributed by atoms with Gasteiger partial charge in [-0.15, -0.1) is 0 Å². The molecular weight excluding hydrogens is 282 g/mol. The van der Waals surface area contributed by atoms with Gasteiger partial charge >= 0.3 is 0 Å². The van der Waals surface area contributed by atoms with Crippen molar-refractivity contribution < 1.29 is 0 Å². The molecule has 0 saturated heterocycles. The molecule has 0 radical (unpaired) electrons. The monoisotopic (exact) mass is 295 g/mol. The van der Waals surface area contributed by atoms with Crippen LogP contribution < -0.4 is 0 Å². The van der Waals surface area contributed by atoms with Crippen LogP contribution in [0.2, 0.25) is 0 Å². The minimum Gasteiger partial charge on any atom is -0.192 e. The van der Waals surface area contributed by atoms with E-state index >= 15 is 0 Å². The van der Waals surface area contributed by atoms with Crippen LogP contribution in [0.5, 0.6) is 0 Å². The van der Waals surface area contributed by atoms with Gasteiger partial charge in [0.2, 0.25) is 0 Å². The zero-order chi connectivity index (χ0) is 16.7. The summed E-state index contributed by atoms with van der Waals surface area (Å²) in [4.78, 5) is 0. The largest absolute Gasteiger partial charge is 0.192 e. The molecule has 3 heteroatoms. The highest BCUT2D eigenvalue weighted by molar-refractivity contribution is 6.08. The normalized spacial score (nSPS) is 10.3. The molecule has 0 aliphatic carbocycles. The second-order valence-corrected chi connectivity index (χ2v) is 5.68. The Bertz CT molecular complexity index is 1120. The van der Waals surface area contributed by atoms with Gasteiger partial charge in [0.25, 0.3) is 0 Å². The Morgan fingerprint density at radius 1 is 0.739 bits per heavy atom. The van der Waals surface area contributed by atoms with E-state index < -0.39 is 0 Å². The molecule has 0 N–H and O–H groups in total. The van der Waals surface area contributed by atoms with E-state index in [1.165, 1.54) is 0 Å². The maximum Gasteiger partial charge on any atom is 0.102 e. The number of nitrogens with zero attached hydrogens (tertiary/aromatic N) is 3. The summed E-state index contributed by atoms with van der Waals surface area (Å²) in [7, 11) is 0. The first-order valence-corrected chi connectivity index (χ1v) is 7.24. The maximum atomic E-state index is 9.57. The molecule has 0 heterocycles. The van der Waals surface area contributed by atoms with E-state index in [-0.39, 0.29) is 11.1 Å². The third-order valence-electron chi connectivity index (χ3n) is 4.48. The fraction of sp³-hybridized carbons (Fsp3) is 0.150. The molecule has 3 nitrogen and oxygen atoms in total. The summed E-state index contributed by atoms with van der Waals surface area (Å²) in [5.41, 5.74) is 3.73. The Hall–Kier alpha value is -3.35. The van der Waals surface area contributed by atoms with Crippen molar-refractivity contribution in [2.24, 2.45) is 0 Å². The molecule has 0 amide bonds. The molecule has 3 aromatic rings. The van der Waals surface area contributed by atoms with E-state index in [0.717, 1.165) is 38.2 Å². The van der Waals surface area contributed by atoms with Crippen LogP contribution in [-0.2, 0) is 0 Å². The summed E-state index contributed by atoms with van der Waals surface area (Å²) in [5.74, 6) is 0. The highest BCUT2D eigenvalue weighted by Crippen LogP contribution is 2.36. The summed E-state index contributed by atoms with van der Waals surface area (Å²) in [5, 5.41) is 32.3. The van der Waals surface area contributed by atoms with E-state index in [1.54, 1.807) is 0 Å². The van der Waals surface area contributed by atoms with E-state index in [2.05, 4.69) is 25.1 Å². The number of fused-ring (bicyclic) bond motifs is 2. The van der Waals surface area contributed by atoms with Crippen molar-refractivity contribution in [1.82, 2.24) is 0 Å². The average molecular weight is 295 g/mol. The summed E-state index contributed by atoms with van der Waals surface area (Å²) in [6.07, 6.45) is 0. The lowest BCUT2D eigenvalue weighted by Crippen LogP contribution is -1.99. The van der Waals surface area contributed by atoms with Crippen LogP contribution in [0.3, 0.4) is 0 Å². The third kappa shape index (κ3) is 1.87. The zero-order valence-corrected chi connectivity index (χ0v) is 13.2. The predicted octanol–water partition coefficient (Wildman–Crippen LogP) is 4.53. The van der Waals surface area contributed by atoms with Crippen LogP contribution in [0.15, 0.2) is 24.3 Å². The molecule has 0 bridgehead atoms. The Morgan fingerprint density at radius 2 is 1.39 bits per heavy atom. The molecule has 3 aromatic carbocycles. The van der Waals surface area contributed by atoms with Crippen molar-refractivity contribution in [1.29, 1.82) is 15.8 Å². The number of hydrogen-bond donors (Lipinski definition) is 0. The van der Waals surface area contributed by atoms with E-state index in [9.17, 15) is 15.8 Å². The van der Waals surface area contributed by atoms with Crippen LogP contribution in [0, 0.1) is 54.8 Å². The van der Waals surface area contributed by atoms with Gasteiger partial charge in [-0.3, -0.25) is 0 Å². The number of nitriles is 3. The molecule has 0 atom stereocenters. The molecule has 0 saturated carbocycles.